The van der Waals surface area contributed by atoms with Gasteiger partial charge in [-0.25, -0.2) is 0 Å². The average molecular weight is 395 g/mol. The Balaban J connectivity index is 1.50. The summed E-state index contributed by atoms with van der Waals surface area (Å²) in [5.41, 5.74) is -1.36. The lowest BCUT2D eigenvalue weighted by Gasteiger charge is -2.63. The van der Waals surface area contributed by atoms with Crippen LogP contribution in [0.25, 0.3) is 0 Å². The number of fused-ring (bicyclic) bond motifs is 5. The maximum Gasteiger partial charge on any atom is 0.195 e. The zero-order chi connectivity index (χ0) is 19.9. The van der Waals surface area contributed by atoms with E-state index in [1.54, 1.807) is 0 Å². The van der Waals surface area contributed by atoms with Crippen LogP contribution in [0.4, 0.5) is 0 Å². The predicted molar refractivity (Wildman–Crippen MR) is 104 cm³/mol. The van der Waals surface area contributed by atoms with Crippen LogP contribution in [-0.2, 0) is 9.47 Å². The Hall–Kier alpha value is -0.200. The second-order valence-electron chi connectivity index (χ2n) is 11.2. The molecule has 0 radical (unpaired) electrons. The van der Waals surface area contributed by atoms with E-state index in [1.165, 1.54) is 0 Å². The molecule has 1 heterocycles. The standard InChI is InChI=1S/C23H38O5/c1-20-8-6-15(24)12-14(20)4-5-16-17-7-9-23(26,22(3)27-10-11-28-22)21(17,2)13-18(25)19(16)20/h14-19,24-26H,4-13H2,1-3H3/t14-,15+,16+,17+,18-,19-,20+,21+,23-/m1/s1. The second kappa shape index (κ2) is 6.16. The number of ether oxygens (including phenoxy) is 2. The third-order valence-electron chi connectivity index (χ3n) is 10.3. The average Bonchev–Trinajstić information content (AvgIpc) is 3.19. The third-order valence-corrected chi connectivity index (χ3v) is 10.3. The van der Waals surface area contributed by atoms with E-state index in [4.69, 9.17) is 9.47 Å². The quantitative estimate of drug-likeness (QED) is 0.637. The molecule has 1 aliphatic heterocycles. The van der Waals surface area contributed by atoms with Crippen LogP contribution in [0.15, 0.2) is 0 Å². The lowest BCUT2D eigenvalue weighted by Crippen LogP contribution is -2.66. The van der Waals surface area contributed by atoms with Gasteiger partial charge in [0, 0.05) is 5.41 Å². The molecule has 5 heteroatoms. The molecular weight excluding hydrogens is 356 g/mol. The van der Waals surface area contributed by atoms with Gasteiger partial charge in [0.15, 0.2) is 5.79 Å². The van der Waals surface area contributed by atoms with E-state index >= 15 is 0 Å². The molecule has 5 nitrogen and oxygen atoms in total. The fraction of sp³-hybridized carbons (Fsp3) is 1.00. The minimum absolute atomic E-state index is 0.105. The van der Waals surface area contributed by atoms with Gasteiger partial charge in [-0.3, -0.25) is 0 Å². The van der Waals surface area contributed by atoms with Crippen molar-refractivity contribution in [1.82, 2.24) is 0 Å². The molecular formula is C23H38O5. The first-order chi connectivity index (χ1) is 13.1. The van der Waals surface area contributed by atoms with Crippen LogP contribution in [0, 0.1) is 34.5 Å². The van der Waals surface area contributed by atoms with Gasteiger partial charge in [-0.2, -0.15) is 0 Å². The smallest absolute Gasteiger partial charge is 0.195 e. The largest absolute Gasteiger partial charge is 0.393 e. The monoisotopic (exact) mass is 394 g/mol. The van der Waals surface area contributed by atoms with Crippen LogP contribution in [0.5, 0.6) is 0 Å². The van der Waals surface area contributed by atoms with Crippen LogP contribution in [0.1, 0.15) is 72.1 Å². The number of hydrogen-bond donors (Lipinski definition) is 3. The molecule has 4 saturated carbocycles. The molecule has 0 aromatic rings. The molecule has 0 spiro atoms. The molecule has 0 aromatic heterocycles. The molecule has 0 unspecified atom stereocenters. The van der Waals surface area contributed by atoms with Crippen molar-refractivity contribution < 1.29 is 24.8 Å². The van der Waals surface area contributed by atoms with E-state index in [-0.39, 0.29) is 17.4 Å². The Labute approximate surface area is 168 Å². The van der Waals surface area contributed by atoms with Gasteiger partial charge in [-0.1, -0.05) is 13.8 Å². The number of rotatable bonds is 1. The Morgan fingerprint density at radius 3 is 2.32 bits per heavy atom. The molecule has 4 aliphatic carbocycles. The van der Waals surface area contributed by atoms with Crippen molar-refractivity contribution in [2.24, 2.45) is 34.5 Å². The molecule has 5 fully saturated rings. The first-order valence-corrected chi connectivity index (χ1v) is 11.5. The van der Waals surface area contributed by atoms with Gasteiger partial charge in [-0.05, 0) is 87.4 Å². The van der Waals surface area contributed by atoms with Gasteiger partial charge in [0.05, 0.1) is 25.4 Å². The zero-order valence-corrected chi connectivity index (χ0v) is 17.7. The van der Waals surface area contributed by atoms with Crippen molar-refractivity contribution in [3.8, 4) is 0 Å². The second-order valence-corrected chi connectivity index (χ2v) is 11.2. The fourth-order valence-electron chi connectivity index (χ4n) is 8.86. The van der Waals surface area contributed by atoms with E-state index in [0.29, 0.717) is 43.8 Å². The van der Waals surface area contributed by atoms with Gasteiger partial charge >= 0.3 is 0 Å². The minimum Gasteiger partial charge on any atom is -0.393 e. The topological polar surface area (TPSA) is 79.2 Å². The van der Waals surface area contributed by atoms with Gasteiger partial charge in [0.2, 0.25) is 0 Å². The molecule has 0 bridgehead atoms. The fourth-order valence-corrected chi connectivity index (χ4v) is 8.86. The summed E-state index contributed by atoms with van der Waals surface area (Å²) in [6.45, 7) is 7.50. The normalized spacial score (nSPS) is 58.1. The molecule has 3 N–H and O–H groups in total. The maximum absolute atomic E-state index is 11.9. The Bertz CT molecular complexity index is 632. The molecule has 5 rings (SSSR count). The molecule has 0 amide bonds. The molecule has 160 valence electrons. The predicted octanol–water partition coefficient (Wildman–Crippen LogP) is 2.85. The SMILES string of the molecule is CC1([C@@]2(O)CC[C@H]3[C@@H]4CC[C@@H]5C[C@@H](O)CC[C@]5(C)[C@H]4[C@H](O)C[C@@]32C)OCCO1. The number of aliphatic hydroxyl groups excluding tert-OH is 2. The Kier molecular flexibility index (Phi) is 4.35. The molecule has 9 atom stereocenters. The Morgan fingerprint density at radius 2 is 1.61 bits per heavy atom. The highest BCUT2D eigenvalue weighted by atomic mass is 16.7. The van der Waals surface area contributed by atoms with Crippen molar-refractivity contribution in [3.63, 3.8) is 0 Å². The van der Waals surface area contributed by atoms with E-state index in [0.717, 1.165) is 38.5 Å². The van der Waals surface area contributed by atoms with Crippen LogP contribution in [0.3, 0.4) is 0 Å². The van der Waals surface area contributed by atoms with Gasteiger partial charge in [0.1, 0.15) is 5.60 Å². The van der Waals surface area contributed by atoms with Crippen LogP contribution >= 0.6 is 0 Å². The van der Waals surface area contributed by atoms with E-state index in [1.807, 2.05) is 6.92 Å². The summed E-state index contributed by atoms with van der Waals surface area (Å²) in [7, 11) is 0. The first-order valence-electron chi connectivity index (χ1n) is 11.5. The maximum atomic E-state index is 11.9. The summed E-state index contributed by atoms with van der Waals surface area (Å²) in [6.07, 6.45) is 6.67. The summed E-state index contributed by atoms with van der Waals surface area (Å²) in [4.78, 5) is 0. The van der Waals surface area contributed by atoms with Crippen molar-refractivity contribution in [1.29, 1.82) is 0 Å². The van der Waals surface area contributed by atoms with Crippen molar-refractivity contribution in [2.45, 2.75) is 95.7 Å². The lowest BCUT2D eigenvalue weighted by atomic mass is 9.43. The minimum atomic E-state index is -1.06. The summed E-state index contributed by atoms with van der Waals surface area (Å²) in [6, 6.07) is 0. The summed E-state index contributed by atoms with van der Waals surface area (Å²) in [5, 5.41) is 33.7. The van der Waals surface area contributed by atoms with Crippen molar-refractivity contribution >= 4 is 0 Å². The first kappa shape index (κ1) is 19.7. The van der Waals surface area contributed by atoms with E-state index in [2.05, 4.69) is 13.8 Å². The summed E-state index contributed by atoms with van der Waals surface area (Å²) in [5.74, 6) is 0.636. The summed E-state index contributed by atoms with van der Waals surface area (Å²) < 4.78 is 11.9. The molecule has 0 aromatic carbocycles. The van der Waals surface area contributed by atoms with Gasteiger partial charge < -0.3 is 24.8 Å². The third kappa shape index (κ3) is 2.31. The highest BCUT2D eigenvalue weighted by Gasteiger charge is 2.72. The van der Waals surface area contributed by atoms with E-state index in [9.17, 15) is 15.3 Å². The molecule has 28 heavy (non-hydrogen) atoms. The number of hydrogen-bond acceptors (Lipinski definition) is 5. The zero-order valence-electron chi connectivity index (χ0n) is 17.7. The van der Waals surface area contributed by atoms with Crippen molar-refractivity contribution in [2.75, 3.05) is 13.2 Å². The number of aliphatic hydroxyl groups is 3. The van der Waals surface area contributed by atoms with E-state index < -0.39 is 22.9 Å². The lowest BCUT2D eigenvalue weighted by molar-refractivity contribution is -0.307. The summed E-state index contributed by atoms with van der Waals surface area (Å²) >= 11 is 0. The van der Waals surface area contributed by atoms with Crippen LogP contribution in [-0.4, -0.2) is 52.1 Å². The Morgan fingerprint density at radius 1 is 0.893 bits per heavy atom. The highest BCUT2D eigenvalue weighted by Crippen LogP contribution is 2.70. The van der Waals surface area contributed by atoms with Crippen molar-refractivity contribution in [3.05, 3.63) is 0 Å². The van der Waals surface area contributed by atoms with Gasteiger partial charge in [-0.15, -0.1) is 0 Å². The highest BCUT2D eigenvalue weighted by molar-refractivity contribution is 5.19. The molecule has 1 saturated heterocycles. The molecule has 5 aliphatic rings. The van der Waals surface area contributed by atoms with Crippen LogP contribution in [0.2, 0.25) is 0 Å². The van der Waals surface area contributed by atoms with Gasteiger partial charge in [0.25, 0.3) is 0 Å². The van der Waals surface area contributed by atoms with Crippen LogP contribution < -0.4 is 0 Å².